The Balaban J connectivity index is -0.00000000500. The van der Waals surface area contributed by atoms with Crippen molar-refractivity contribution < 1.29 is 56.7 Å². The van der Waals surface area contributed by atoms with Crippen LogP contribution in [-0.4, -0.2) is 20.4 Å². The van der Waals surface area contributed by atoms with Crippen LogP contribution in [0.1, 0.15) is 0 Å². The molecule has 0 aromatic rings. The summed E-state index contributed by atoms with van der Waals surface area (Å²) in [6.07, 6.45) is 0. The third kappa shape index (κ3) is 8.82. The van der Waals surface area contributed by atoms with E-state index in [0.717, 1.165) is 0 Å². The zero-order valence-corrected chi connectivity index (χ0v) is 6.32. The molecule has 0 rings (SSSR count). The van der Waals surface area contributed by atoms with E-state index in [9.17, 15) is 0 Å². The minimum Gasteiger partial charge on any atom is 0 e. The molecule has 0 unspecified atom stereocenters. The van der Waals surface area contributed by atoms with Crippen LogP contribution in [0.4, 0.5) is 0 Å². The number of hydrogen-bond acceptors (Lipinski definition) is 0. The first-order chi connectivity index (χ1) is 1.00. The van der Waals surface area contributed by atoms with Crippen LogP contribution in [0.25, 0.3) is 0 Å². The van der Waals surface area contributed by atoms with Gasteiger partial charge in [0.2, 0.25) is 0 Å². The molecule has 0 atom stereocenters. The molecule has 0 saturated heterocycles. The van der Waals surface area contributed by atoms with Gasteiger partial charge in [-0.3, -0.25) is 0 Å². The van der Waals surface area contributed by atoms with Crippen LogP contribution in [0.15, 0.2) is 0 Å². The minimum atomic E-state index is 0. The van der Waals surface area contributed by atoms with Gasteiger partial charge >= 0.3 is 42.4 Å². The maximum absolute atomic E-state index is 2.14. The van der Waals surface area contributed by atoms with Crippen LogP contribution in [0.2, 0.25) is 0 Å². The summed E-state index contributed by atoms with van der Waals surface area (Å²) >= 11 is 1.31. The molecule has 0 aliphatic heterocycles. The van der Waals surface area contributed by atoms with E-state index in [-0.39, 0.29) is 34.7 Å². The van der Waals surface area contributed by atoms with Crippen molar-refractivity contribution in [3.8, 4) is 0 Å². The summed E-state index contributed by atoms with van der Waals surface area (Å²) < 4.78 is 2.14. The Morgan fingerprint density at radius 1 is 1.25 bits per heavy atom. The van der Waals surface area contributed by atoms with Crippen molar-refractivity contribution in [1.29, 1.82) is 0 Å². The monoisotopic (exact) mass is 235 g/mol. The Morgan fingerprint density at radius 3 is 1.25 bits per heavy atom. The van der Waals surface area contributed by atoms with Crippen molar-refractivity contribution in [2.75, 3.05) is 0 Å². The minimum absolute atomic E-state index is 0. The SMILES string of the molecule is [AlH3].[BH2][Ce].[Cr]. The Kier molecular flexibility index (Phi) is 71.4. The molecule has 0 aliphatic carbocycles. The first-order valence-corrected chi connectivity index (χ1v) is 3.64. The normalized spacial score (nSPS) is 0.750. The molecule has 0 nitrogen and oxygen atoms in total. The fraction of sp³-hybridized carbons (Fsp3) is 0. The van der Waals surface area contributed by atoms with E-state index in [4.69, 9.17) is 0 Å². The molecule has 0 spiro atoms. The van der Waals surface area contributed by atoms with Gasteiger partial charge < -0.3 is 0 Å². The molecular weight excluding hydrogens is 230 g/mol. The first kappa shape index (κ1) is 16.0. The van der Waals surface area contributed by atoms with E-state index in [1.54, 1.807) is 0 Å². The molecule has 0 aromatic heterocycles. The Bertz CT molecular complexity index is 8.00. The van der Waals surface area contributed by atoms with E-state index in [1.807, 2.05) is 0 Å². The molecule has 0 aromatic carbocycles. The summed E-state index contributed by atoms with van der Waals surface area (Å²) in [7, 11) is 0. The topological polar surface area (TPSA) is 0 Å². The molecular formula is H5AlBCeCr. The van der Waals surface area contributed by atoms with Gasteiger partial charge in [0.15, 0.2) is 17.4 Å². The van der Waals surface area contributed by atoms with Crippen molar-refractivity contribution >= 4 is 20.4 Å². The van der Waals surface area contributed by atoms with Gasteiger partial charge in [-0.05, 0) is 0 Å². The Morgan fingerprint density at radius 2 is 1.25 bits per heavy atom. The van der Waals surface area contributed by atoms with Gasteiger partial charge in [0.25, 0.3) is 0 Å². The summed E-state index contributed by atoms with van der Waals surface area (Å²) in [6, 6.07) is 0. The van der Waals surface area contributed by atoms with Crippen LogP contribution in [0.3, 0.4) is 0 Å². The Labute approximate surface area is 75.5 Å². The van der Waals surface area contributed by atoms with Crippen LogP contribution < -0.4 is 0 Å². The molecule has 0 radical (unpaired) electrons. The summed E-state index contributed by atoms with van der Waals surface area (Å²) in [5, 5.41) is 0. The van der Waals surface area contributed by atoms with Crippen molar-refractivity contribution in [2.24, 2.45) is 0 Å². The van der Waals surface area contributed by atoms with Crippen molar-refractivity contribution in [3.05, 3.63) is 0 Å². The van der Waals surface area contributed by atoms with Crippen LogP contribution in [0, 0.1) is 39.3 Å². The third-order valence-corrected chi connectivity index (χ3v) is 0. The predicted molar refractivity (Wildman–Crippen MR) is 18.5 cm³/mol. The largest absolute Gasteiger partial charge is 0 e. The van der Waals surface area contributed by atoms with Gasteiger partial charge in [0.1, 0.15) is 0 Å². The molecule has 4 heavy (non-hydrogen) atoms. The second-order valence-electron chi connectivity index (χ2n) is 0. The second kappa shape index (κ2) is 17.8. The zero-order chi connectivity index (χ0) is 2.00. The second-order valence-corrected chi connectivity index (χ2v) is 0. The van der Waals surface area contributed by atoms with Gasteiger partial charge in [0, 0.05) is 17.4 Å². The standard InChI is InChI=1S/Al.BH2.Ce.Cr.3H/h;1H2;;;;;/q;+1;-1;;;;. The average molecular weight is 235 g/mol. The fourth-order valence-corrected chi connectivity index (χ4v) is 0. The molecule has 0 saturated carbocycles. The molecule has 0 aliphatic rings. The van der Waals surface area contributed by atoms with E-state index in [1.165, 1.54) is 39.3 Å². The van der Waals surface area contributed by atoms with E-state index in [0.29, 0.717) is 0 Å². The smallest absolute Gasteiger partial charge is 0 e. The van der Waals surface area contributed by atoms with Crippen molar-refractivity contribution in [2.45, 2.75) is 0 Å². The molecule has 0 fully saturated rings. The summed E-state index contributed by atoms with van der Waals surface area (Å²) in [5.41, 5.74) is 0. The molecule has 0 N–H and O–H groups in total. The quantitative estimate of drug-likeness (QED) is 0.422. The summed E-state index contributed by atoms with van der Waals surface area (Å²) in [5.74, 6) is 0. The molecule has 21 valence electrons. The first-order valence-electron chi connectivity index (χ1n) is 0.500. The zero-order valence-electron chi connectivity index (χ0n) is 1.91. The van der Waals surface area contributed by atoms with Crippen LogP contribution in [-0.2, 0) is 17.4 Å². The maximum Gasteiger partial charge on any atom is 0 e. The van der Waals surface area contributed by atoms with Gasteiger partial charge in [0.05, 0.1) is 0 Å². The van der Waals surface area contributed by atoms with E-state index in [2.05, 4.69) is 3.04 Å². The third-order valence-electron chi connectivity index (χ3n) is 0. The summed E-state index contributed by atoms with van der Waals surface area (Å²) in [6.45, 7) is 0. The van der Waals surface area contributed by atoms with Gasteiger partial charge in [-0.2, -0.15) is 0 Å². The van der Waals surface area contributed by atoms with Crippen LogP contribution in [0.5, 0.6) is 0 Å². The molecule has 0 bridgehead atoms. The fourth-order valence-electron chi connectivity index (χ4n) is 0. The van der Waals surface area contributed by atoms with Crippen LogP contribution >= 0.6 is 0 Å². The summed E-state index contributed by atoms with van der Waals surface area (Å²) in [4.78, 5) is 0. The maximum atomic E-state index is 2.14. The van der Waals surface area contributed by atoms with E-state index >= 15 is 0 Å². The average Bonchev–Trinajstić information content (AvgIpc) is 1.00. The Hall–Kier alpha value is 2.51. The molecule has 4 heteroatoms. The number of rotatable bonds is 0. The molecule has 0 heterocycles. The molecule has 0 amide bonds. The van der Waals surface area contributed by atoms with Gasteiger partial charge in [-0.25, -0.2) is 0 Å². The van der Waals surface area contributed by atoms with Gasteiger partial charge in [-0.15, -0.1) is 0 Å². The van der Waals surface area contributed by atoms with Crippen molar-refractivity contribution in [1.82, 2.24) is 0 Å². The van der Waals surface area contributed by atoms with Crippen molar-refractivity contribution in [3.63, 3.8) is 0 Å². The van der Waals surface area contributed by atoms with Gasteiger partial charge in [-0.1, -0.05) is 0 Å². The van der Waals surface area contributed by atoms with E-state index < -0.39 is 0 Å². The number of hydrogen-bond donors (Lipinski definition) is 0. The predicted octanol–water partition coefficient (Wildman–Crippen LogP) is -2.10.